The maximum Gasteiger partial charge on any atom is 0.124 e. The van der Waals surface area contributed by atoms with Crippen molar-refractivity contribution >= 4 is 46.0 Å². The number of nitrogens with one attached hydrogen (secondary N) is 1. The fourth-order valence-electron chi connectivity index (χ4n) is 1.58. The first-order valence-corrected chi connectivity index (χ1v) is 7.36. The van der Waals surface area contributed by atoms with Gasteiger partial charge in [-0.1, -0.05) is 23.2 Å². The second kappa shape index (κ2) is 5.48. The molecule has 1 heterocycles. The Bertz CT molecular complexity index is 488. The van der Waals surface area contributed by atoms with Crippen molar-refractivity contribution in [3.05, 3.63) is 28.0 Å². The van der Waals surface area contributed by atoms with Crippen molar-refractivity contribution in [2.24, 2.45) is 5.73 Å². The van der Waals surface area contributed by atoms with E-state index in [4.69, 9.17) is 28.9 Å². The molecule has 3 nitrogen and oxygen atoms in total. The summed E-state index contributed by atoms with van der Waals surface area (Å²) in [6, 6.07) is 3.45. The highest BCUT2D eigenvalue weighted by Gasteiger charge is 2.12. The summed E-state index contributed by atoms with van der Waals surface area (Å²) < 4.78 is 0. The Labute approximate surface area is 114 Å². The third-order valence-electron chi connectivity index (χ3n) is 2.53. The normalized spacial score (nSPS) is 13.2. The number of nitrogens with two attached hydrogens (primary N) is 1. The zero-order valence-electron chi connectivity index (χ0n) is 9.34. The van der Waals surface area contributed by atoms with Gasteiger partial charge in [0.05, 0.1) is 27.1 Å². The van der Waals surface area contributed by atoms with Gasteiger partial charge in [0.2, 0.25) is 0 Å². The highest BCUT2D eigenvalue weighted by molar-refractivity contribution is 7.98. The summed E-state index contributed by atoms with van der Waals surface area (Å²) >= 11 is 13.7. The molecule has 0 radical (unpaired) electrons. The molecule has 0 amide bonds. The second-order valence-electron chi connectivity index (χ2n) is 3.79. The van der Waals surface area contributed by atoms with Gasteiger partial charge in [-0.2, -0.15) is 11.8 Å². The number of rotatable bonds is 4. The third-order valence-corrected chi connectivity index (χ3v) is 3.89. The molecule has 0 aliphatic carbocycles. The lowest BCUT2D eigenvalue weighted by molar-refractivity contribution is 0.666. The summed E-state index contributed by atoms with van der Waals surface area (Å²) in [5, 5.41) is 1.03. The van der Waals surface area contributed by atoms with Gasteiger partial charge in [0, 0.05) is 0 Å². The van der Waals surface area contributed by atoms with Crippen LogP contribution in [0.4, 0.5) is 0 Å². The first-order valence-electron chi connectivity index (χ1n) is 5.21. The van der Waals surface area contributed by atoms with Gasteiger partial charge < -0.3 is 10.7 Å². The minimum absolute atomic E-state index is 0.0765. The molecule has 0 bridgehead atoms. The number of nitrogens with zero attached hydrogens (tertiary/aromatic N) is 1. The number of halogens is 2. The van der Waals surface area contributed by atoms with Crippen molar-refractivity contribution in [3.8, 4) is 0 Å². The minimum atomic E-state index is -0.0765. The molecule has 0 saturated carbocycles. The van der Waals surface area contributed by atoms with E-state index in [1.807, 2.05) is 0 Å². The molecule has 1 unspecified atom stereocenters. The Morgan fingerprint density at radius 3 is 2.82 bits per heavy atom. The molecule has 92 valence electrons. The lowest BCUT2D eigenvalue weighted by atomic mass is 10.2. The molecule has 1 aromatic heterocycles. The maximum atomic E-state index is 6.05. The first-order chi connectivity index (χ1) is 8.11. The molecule has 2 rings (SSSR count). The summed E-state index contributed by atoms with van der Waals surface area (Å²) in [6.45, 7) is 0. The van der Waals surface area contributed by atoms with Crippen LogP contribution in [-0.4, -0.2) is 22.0 Å². The predicted molar refractivity (Wildman–Crippen MR) is 76.0 cm³/mol. The number of hydrogen-bond acceptors (Lipinski definition) is 3. The van der Waals surface area contributed by atoms with E-state index in [0.29, 0.717) is 10.0 Å². The number of aromatic nitrogens is 2. The number of thioether (sulfide) groups is 1. The van der Waals surface area contributed by atoms with Gasteiger partial charge in [-0.25, -0.2) is 4.98 Å². The molecule has 2 aromatic rings. The molecule has 0 fully saturated rings. The van der Waals surface area contributed by atoms with Gasteiger partial charge in [0.1, 0.15) is 5.82 Å². The summed E-state index contributed by atoms with van der Waals surface area (Å²) in [4.78, 5) is 7.62. The van der Waals surface area contributed by atoms with Crippen LogP contribution in [0.2, 0.25) is 10.0 Å². The molecule has 1 aromatic carbocycles. The highest BCUT2D eigenvalue weighted by Crippen LogP contribution is 2.27. The summed E-state index contributed by atoms with van der Waals surface area (Å²) in [5.74, 6) is 1.80. The number of benzene rings is 1. The fourth-order valence-corrected chi connectivity index (χ4v) is 2.39. The molecule has 0 aliphatic rings. The average Bonchev–Trinajstić information content (AvgIpc) is 2.69. The zero-order chi connectivity index (χ0) is 12.4. The Balaban J connectivity index is 2.31. The zero-order valence-corrected chi connectivity index (χ0v) is 11.7. The van der Waals surface area contributed by atoms with Gasteiger partial charge in [0.15, 0.2) is 0 Å². The van der Waals surface area contributed by atoms with Crippen LogP contribution in [0.5, 0.6) is 0 Å². The molecule has 17 heavy (non-hydrogen) atoms. The molecule has 0 spiro atoms. The largest absolute Gasteiger partial charge is 0.341 e. The SMILES string of the molecule is CSCCC(N)c1nc2cc(Cl)c(Cl)cc2[nH]1. The van der Waals surface area contributed by atoms with Gasteiger partial charge in [-0.3, -0.25) is 0 Å². The highest BCUT2D eigenvalue weighted by atomic mass is 35.5. The van der Waals surface area contributed by atoms with Crippen molar-refractivity contribution in [1.82, 2.24) is 9.97 Å². The minimum Gasteiger partial charge on any atom is -0.341 e. The Morgan fingerprint density at radius 2 is 2.12 bits per heavy atom. The van der Waals surface area contributed by atoms with Crippen LogP contribution in [0.15, 0.2) is 12.1 Å². The Kier molecular flexibility index (Phi) is 4.20. The van der Waals surface area contributed by atoms with E-state index in [1.54, 1.807) is 23.9 Å². The lowest BCUT2D eigenvalue weighted by Crippen LogP contribution is -2.12. The number of imidazole rings is 1. The fraction of sp³-hybridized carbons (Fsp3) is 0.364. The summed E-state index contributed by atoms with van der Waals surface area (Å²) in [7, 11) is 0. The molecule has 0 saturated heterocycles. The van der Waals surface area contributed by atoms with Crippen molar-refractivity contribution in [2.45, 2.75) is 12.5 Å². The third kappa shape index (κ3) is 2.88. The molecular formula is C11H13Cl2N3S. The van der Waals surface area contributed by atoms with Gasteiger partial charge in [-0.15, -0.1) is 0 Å². The van der Waals surface area contributed by atoms with Gasteiger partial charge in [-0.05, 0) is 30.6 Å². The quantitative estimate of drug-likeness (QED) is 0.904. The molecule has 3 N–H and O–H groups in total. The molecule has 1 atom stereocenters. The average molecular weight is 290 g/mol. The molecule has 6 heteroatoms. The van der Waals surface area contributed by atoms with Crippen LogP contribution in [0.1, 0.15) is 18.3 Å². The van der Waals surface area contributed by atoms with E-state index >= 15 is 0 Å². The number of hydrogen-bond donors (Lipinski definition) is 2. The number of fused-ring (bicyclic) bond motifs is 1. The Morgan fingerprint density at radius 1 is 1.41 bits per heavy atom. The van der Waals surface area contributed by atoms with Gasteiger partial charge >= 0.3 is 0 Å². The summed E-state index contributed by atoms with van der Waals surface area (Å²) in [5.41, 5.74) is 7.72. The van der Waals surface area contributed by atoms with Crippen LogP contribution in [0, 0.1) is 0 Å². The van der Waals surface area contributed by atoms with Crippen LogP contribution in [0.25, 0.3) is 11.0 Å². The van der Waals surface area contributed by atoms with E-state index in [2.05, 4.69) is 16.2 Å². The molecular weight excluding hydrogens is 277 g/mol. The van der Waals surface area contributed by atoms with Crippen LogP contribution < -0.4 is 5.73 Å². The van der Waals surface area contributed by atoms with Crippen LogP contribution in [0.3, 0.4) is 0 Å². The van der Waals surface area contributed by atoms with Crippen molar-refractivity contribution in [2.75, 3.05) is 12.0 Å². The molecule has 0 aliphatic heterocycles. The van der Waals surface area contributed by atoms with Crippen molar-refractivity contribution < 1.29 is 0 Å². The van der Waals surface area contributed by atoms with Crippen LogP contribution >= 0.6 is 35.0 Å². The number of aromatic amines is 1. The van der Waals surface area contributed by atoms with E-state index in [0.717, 1.165) is 29.0 Å². The van der Waals surface area contributed by atoms with Crippen LogP contribution in [-0.2, 0) is 0 Å². The van der Waals surface area contributed by atoms with Crippen molar-refractivity contribution in [1.29, 1.82) is 0 Å². The smallest absolute Gasteiger partial charge is 0.124 e. The second-order valence-corrected chi connectivity index (χ2v) is 5.59. The topological polar surface area (TPSA) is 54.7 Å². The number of H-pyrrole nitrogens is 1. The van der Waals surface area contributed by atoms with Crippen molar-refractivity contribution in [3.63, 3.8) is 0 Å². The maximum absolute atomic E-state index is 6.05. The van der Waals surface area contributed by atoms with E-state index in [-0.39, 0.29) is 6.04 Å². The van der Waals surface area contributed by atoms with Gasteiger partial charge in [0.25, 0.3) is 0 Å². The predicted octanol–water partition coefficient (Wildman–Crippen LogP) is 3.62. The van der Waals surface area contributed by atoms with E-state index in [1.165, 1.54) is 0 Å². The monoisotopic (exact) mass is 289 g/mol. The lowest BCUT2D eigenvalue weighted by Gasteiger charge is -2.06. The first kappa shape index (κ1) is 13.0. The summed E-state index contributed by atoms with van der Waals surface area (Å²) in [6.07, 6.45) is 2.95. The van der Waals surface area contributed by atoms with E-state index in [9.17, 15) is 0 Å². The van der Waals surface area contributed by atoms with E-state index < -0.39 is 0 Å². The Hall–Kier alpha value is -0.420. The standard InChI is InChI=1S/C11H13Cl2N3S/c1-17-3-2-8(14)11-15-9-4-6(12)7(13)5-10(9)16-11/h4-5,8H,2-3,14H2,1H3,(H,15,16).